The van der Waals surface area contributed by atoms with Crippen LogP contribution in [0.4, 0.5) is 4.39 Å². The van der Waals surface area contributed by atoms with Crippen molar-refractivity contribution in [3.8, 4) is 0 Å². The van der Waals surface area contributed by atoms with Crippen molar-refractivity contribution in [2.24, 2.45) is 17.6 Å². The van der Waals surface area contributed by atoms with Gasteiger partial charge >= 0.3 is 0 Å². The highest BCUT2D eigenvalue weighted by molar-refractivity contribution is 7.80. The molecule has 1 saturated heterocycles. The maximum absolute atomic E-state index is 14.4. The zero-order chi connectivity index (χ0) is 15.4. The van der Waals surface area contributed by atoms with Gasteiger partial charge in [-0.2, -0.15) is 0 Å². The first-order valence-corrected chi connectivity index (χ1v) is 8.19. The second kappa shape index (κ2) is 7.32. The Hall–Kier alpha value is -1.00. The first-order chi connectivity index (χ1) is 9.99. The molecular weight excluding hydrogens is 283 g/mol. The van der Waals surface area contributed by atoms with Crippen LogP contribution in [0, 0.1) is 17.7 Å². The Labute approximate surface area is 132 Å². The first-order valence-electron chi connectivity index (χ1n) is 7.78. The van der Waals surface area contributed by atoms with Crippen molar-refractivity contribution in [3.63, 3.8) is 0 Å². The molecule has 1 aromatic rings. The van der Waals surface area contributed by atoms with Crippen molar-refractivity contribution in [1.29, 1.82) is 0 Å². The van der Waals surface area contributed by atoms with E-state index in [0.717, 1.165) is 24.9 Å². The molecule has 1 unspecified atom stereocenters. The van der Waals surface area contributed by atoms with Gasteiger partial charge in [-0.25, -0.2) is 4.39 Å². The molecular formula is C17H25FN2S. The third kappa shape index (κ3) is 4.24. The molecule has 1 fully saturated rings. The van der Waals surface area contributed by atoms with Crippen molar-refractivity contribution in [2.45, 2.75) is 39.7 Å². The van der Waals surface area contributed by atoms with Crippen LogP contribution in [0.5, 0.6) is 0 Å². The van der Waals surface area contributed by atoms with Crippen molar-refractivity contribution in [1.82, 2.24) is 4.90 Å². The van der Waals surface area contributed by atoms with E-state index in [1.165, 1.54) is 19.3 Å². The molecule has 0 amide bonds. The van der Waals surface area contributed by atoms with E-state index in [1.54, 1.807) is 6.07 Å². The highest BCUT2D eigenvalue weighted by atomic mass is 32.1. The second-order valence-corrected chi connectivity index (χ2v) is 6.79. The minimum absolute atomic E-state index is 0.130. The number of thiocarbonyl (C=S) groups is 1. The Morgan fingerprint density at radius 1 is 1.38 bits per heavy atom. The number of nitrogens with two attached hydrogens (primary N) is 1. The molecule has 2 nitrogen and oxygen atoms in total. The van der Waals surface area contributed by atoms with Crippen LogP contribution in [0.1, 0.15) is 44.2 Å². The lowest BCUT2D eigenvalue weighted by atomic mass is 9.89. The van der Waals surface area contributed by atoms with E-state index < -0.39 is 0 Å². The van der Waals surface area contributed by atoms with Crippen LogP contribution in [-0.2, 0) is 6.54 Å². The van der Waals surface area contributed by atoms with Gasteiger partial charge in [-0.05, 0) is 50.3 Å². The molecule has 1 heterocycles. The number of rotatable bonds is 4. The van der Waals surface area contributed by atoms with Gasteiger partial charge < -0.3 is 5.73 Å². The zero-order valence-electron chi connectivity index (χ0n) is 12.9. The molecule has 1 atom stereocenters. The van der Waals surface area contributed by atoms with Crippen LogP contribution in [0.3, 0.4) is 0 Å². The Bertz CT molecular complexity index is 502. The van der Waals surface area contributed by atoms with Crippen molar-refractivity contribution < 1.29 is 4.39 Å². The fourth-order valence-corrected chi connectivity index (χ4v) is 3.30. The molecule has 0 bridgehead atoms. The second-order valence-electron chi connectivity index (χ2n) is 6.35. The number of nitrogens with zero attached hydrogens (tertiary/aromatic N) is 1. The van der Waals surface area contributed by atoms with Crippen LogP contribution in [0.15, 0.2) is 18.2 Å². The van der Waals surface area contributed by atoms with Crippen LogP contribution >= 0.6 is 12.2 Å². The summed E-state index contributed by atoms with van der Waals surface area (Å²) in [6, 6.07) is 5.32. The maximum atomic E-state index is 14.4. The summed E-state index contributed by atoms with van der Waals surface area (Å²) in [5.74, 6) is 1.28. The van der Waals surface area contributed by atoms with Gasteiger partial charge in [-0.15, -0.1) is 0 Å². The molecule has 1 aliphatic heterocycles. The lowest BCUT2D eigenvalue weighted by Gasteiger charge is -2.22. The minimum atomic E-state index is -0.255. The maximum Gasteiger partial charge on any atom is 0.137 e. The SMILES string of the molecule is CC(C)C1CCCN(Cc2cccc(C(N)=S)c2F)CC1. The highest BCUT2D eigenvalue weighted by Crippen LogP contribution is 2.25. The zero-order valence-corrected chi connectivity index (χ0v) is 13.8. The highest BCUT2D eigenvalue weighted by Gasteiger charge is 2.20. The summed E-state index contributed by atoms with van der Waals surface area (Å²) >= 11 is 4.90. The minimum Gasteiger partial charge on any atom is -0.389 e. The number of benzene rings is 1. The Balaban J connectivity index is 2.05. The number of likely N-dealkylation sites (tertiary alicyclic amines) is 1. The van der Waals surface area contributed by atoms with E-state index >= 15 is 0 Å². The molecule has 1 aliphatic rings. The summed E-state index contributed by atoms with van der Waals surface area (Å²) in [7, 11) is 0. The molecule has 0 saturated carbocycles. The van der Waals surface area contributed by atoms with E-state index in [-0.39, 0.29) is 10.8 Å². The molecule has 2 N–H and O–H groups in total. The monoisotopic (exact) mass is 308 g/mol. The molecule has 0 aliphatic carbocycles. The van der Waals surface area contributed by atoms with E-state index in [2.05, 4.69) is 18.7 Å². The predicted octanol–water partition coefficient (Wildman–Crippen LogP) is 3.72. The van der Waals surface area contributed by atoms with Gasteiger partial charge in [0.1, 0.15) is 10.8 Å². The summed E-state index contributed by atoms with van der Waals surface area (Å²) in [5.41, 5.74) is 6.63. The third-order valence-corrected chi connectivity index (χ3v) is 4.77. The van der Waals surface area contributed by atoms with Gasteiger partial charge in [0.2, 0.25) is 0 Å². The standard InChI is InChI=1S/C17H25FN2S/c1-12(2)13-6-4-9-20(10-8-13)11-14-5-3-7-15(16(14)18)17(19)21/h3,5,7,12-13H,4,6,8-11H2,1-2H3,(H2,19,21). The molecule has 21 heavy (non-hydrogen) atoms. The molecule has 0 radical (unpaired) electrons. The number of halogens is 1. The average Bonchev–Trinajstić information content (AvgIpc) is 2.66. The largest absolute Gasteiger partial charge is 0.389 e. The average molecular weight is 308 g/mol. The third-order valence-electron chi connectivity index (χ3n) is 4.55. The summed E-state index contributed by atoms with van der Waals surface area (Å²) in [4.78, 5) is 2.48. The predicted molar refractivity (Wildman–Crippen MR) is 89.7 cm³/mol. The molecule has 4 heteroatoms. The van der Waals surface area contributed by atoms with Gasteiger partial charge in [-0.1, -0.05) is 38.2 Å². The van der Waals surface area contributed by atoms with Crippen LogP contribution in [0.2, 0.25) is 0 Å². The number of hydrogen-bond acceptors (Lipinski definition) is 2. The van der Waals surface area contributed by atoms with Crippen molar-refractivity contribution in [2.75, 3.05) is 13.1 Å². The summed E-state index contributed by atoms with van der Waals surface area (Å²) < 4.78 is 14.4. The molecule has 1 aromatic carbocycles. The summed E-state index contributed by atoms with van der Waals surface area (Å²) in [6.07, 6.45) is 3.68. The van der Waals surface area contributed by atoms with Gasteiger partial charge in [0.05, 0.1) is 0 Å². The first kappa shape index (κ1) is 16.4. The van der Waals surface area contributed by atoms with E-state index in [0.29, 0.717) is 17.7 Å². The Morgan fingerprint density at radius 3 is 2.81 bits per heavy atom. The van der Waals surface area contributed by atoms with Gasteiger partial charge in [0.15, 0.2) is 0 Å². The molecule has 0 spiro atoms. The number of hydrogen-bond donors (Lipinski definition) is 1. The topological polar surface area (TPSA) is 29.3 Å². The van der Waals surface area contributed by atoms with Crippen LogP contribution in [-0.4, -0.2) is 23.0 Å². The quantitative estimate of drug-likeness (QED) is 0.860. The van der Waals surface area contributed by atoms with Gasteiger partial charge in [0.25, 0.3) is 0 Å². The molecule has 0 aromatic heterocycles. The van der Waals surface area contributed by atoms with Crippen molar-refractivity contribution in [3.05, 3.63) is 35.1 Å². The summed E-state index contributed by atoms with van der Waals surface area (Å²) in [6.45, 7) is 7.32. The van der Waals surface area contributed by atoms with Crippen LogP contribution in [0.25, 0.3) is 0 Å². The molecule has 2 rings (SSSR count). The van der Waals surface area contributed by atoms with E-state index in [4.69, 9.17) is 18.0 Å². The lowest BCUT2D eigenvalue weighted by molar-refractivity contribution is 0.261. The van der Waals surface area contributed by atoms with Crippen molar-refractivity contribution >= 4 is 17.2 Å². The van der Waals surface area contributed by atoms with Crippen LogP contribution < -0.4 is 5.73 Å². The van der Waals surface area contributed by atoms with E-state index in [9.17, 15) is 4.39 Å². The Kier molecular flexibility index (Phi) is 5.71. The van der Waals surface area contributed by atoms with Gasteiger partial charge in [-0.3, -0.25) is 4.90 Å². The fraction of sp³-hybridized carbons (Fsp3) is 0.588. The Morgan fingerprint density at radius 2 is 2.14 bits per heavy atom. The smallest absolute Gasteiger partial charge is 0.137 e. The fourth-order valence-electron chi connectivity index (χ4n) is 3.14. The molecule has 116 valence electrons. The van der Waals surface area contributed by atoms with Gasteiger partial charge in [0, 0.05) is 17.7 Å². The normalized spacial score (nSPS) is 20.5. The van der Waals surface area contributed by atoms with E-state index in [1.807, 2.05) is 12.1 Å². The summed E-state index contributed by atoms with van der Waals surface area (Å²) in [5, 5.41) is 0. The lowest BCUT2D eigenvalue weighted by Crippen LogP contribution is -2.25.